The third kappa shape index (κ3) is 4.57. The predicted molar refractivity (Wildman–Crippen MR) is 94.9 cm³/mol. The molecule has 2 rings (SSSR count). The van der Waals surface area contributed by atoms with E-state index in [2.05, 4.69) is 6.58 Å². The highest BCUT2D eigenvalue weighted by Gasteiger charge is 2.18. The first-order valence-electron chi connectivity index (χ1n) is 7.83. The molecule has 6 nitrogen and oxygen atoms in total. The van der Waals surface area contributed by atoms with Gasteiger partial charge >= 0.3 is 17.9 Å². The summed E-state index contributed by atoms with van der Waals surface area (Å²) in [4.78, 5) is 35.1. The fourth-order valence-corrected chi connectivity index (χ4v) is 2.27. The molecule has 0 heterocycles. The van der Waals surface area contributed by atoms with E-state index in [1.54, 1.807) is 42.5 Å². The fourth-order valence-electron chi connectivity index (χ4n) is 2.27. The number of hydrogen-bond acceptors (Lipinski definition) is 5. The quantitative estimate of drug-likeness (QED) is 0.466. The highest BCUT2D eigenvalue weighted by Crippen LogP contribution is 2.27. The number of esters is 2. The molecule has 0 saturated carbocycles. The Hall–Kier alpha value is -3.41. The summed E-state index contributed by atoms with van der Waals surface area (Å²) in [5.41, 5.74) is 1.44. The largest absolute Gasteiger partial charge is 0.478 e. The Morgan fingerprint density at radius 2 is 1.38 bits per heavy atom. The van der Waals surface area contributed by atoms with E-state index in [-0.39, 0.29) is 29.9 Å². The minimum atomic E-state index is -1.09. The van der Waals surface area contributed by atoms with Crippen molar-refractivity contribution in [3.8, 4) is 11.1 Å². The predicted octanol–water partition coefficient (Wildman–Crippen LogP) is 3.33. The normalized spacial score (nSPS) is 10.0. The van der Waals surface area contributed by atoms with Crippen LogP contribution in [0.3, 0.4) is 0 Å². The van der Waals surface area contributed by atoms with Crippen molar-refractivity contribution >= 4 is 17.9 Å². The third-order valence-corrected chi connectivity index (χ3v) is 3.49. The number of carbonyl (C=O) groups is 3. The summed E-state index contributed by atoms with van der Waals surface area (Å²) in [6, 6.07) is 13.0. The van der Waals surface area contributed by atoms with Gasteiger partial charge in [0.25, 0.3) is 0 Å². The van der Waals surface area contributed by atoms with E-state index >= 15 is 0 Å². The van der Waals surface area contributed by atoms with Gasteiger partial charge in [0.05, 0.1) is 11.1 Å². The van der Waals surface area contributed by atoms with Crippen LogP contribution in [0, 0.1) is 0 Å². The lowest BCUT2D eigenvalue weighted by molar-refractivity contribution is -0.140. The lowest BCUT2D eigenvalue weighted by atomic mass is 9.95. The molecule has 0 aliphatic rings. The van der Waals surface area contributed by atoms with Crippen molar-refractivity contribution in [2.75, 3.05) is 13.2 Å². The number of carbonyl (C=O) groups excluding carboxylic acids is 2. The molecule has 0 aromatic heterocycles. The molecular formula is C20H18O6. The number of carboxylic acids is 1. The third-order valence-electron chi connectivity index (χ3n) is 3.49. The Morgan fingerprint density at radius 1 is 0.885 bits per heavy atom. The van der Waals surface area contributed by atoms with Gasteiger partial charge in [0.2, 0.25) is 0 Å². The molecule has 134 valence electrons. The maximum atomic E-state index is 12.4. The van der Waals surface area contributed by atoms with Crippen LogP contribution >= 0.6 is 0 Å². The van der Waals surface area contributed by atoms with Gasteiger partial charge in [0.15, 0.2) is 0 Å². The molecule has 0 bridgehead atoms. The number of benzene rings is 2. The Morgan fingerprint density at radius 3 is 1.96 bits per heavy atom. The maximum absolute atomic E-state index is 12.4. The number of carboxylic acid groups (broad SMARTS) is 1. The molecule has 6 heteroatoms. The second kappa shape index (κ2) is 8.62. The summed E-state index contributed by atoms with van der Waals surface area (Å²) in [6.07, 6.45) is 0. The average Bonchev–Trinajstić information content (AvgIpc) is 2.64. The van der Waals surface area contributed by atoms with Crippen molar-refractivity contribution < 1.29 is 29.0 Å². The summed E-state index contributed by atoms with van der Waals surface area (Å²) >= 11 is 0. The van der Waals surface area contributed by atoms with Crippen LogP contribution in [-0.2, 0) is 14.3 Å². The van der Waals surface area contributed by atoms with Crippen LogP contribution in [0.2, 0.25) is 0 Å². The molecule has 0 unspecified atom stereocenters. The Bertz CT molecular complexity index is 853. The van der Waals surface area contributed by atoms with E-state index in [0.29, 0.717) is 11.1 Å². The first-order chi connectivity index (χ1) is 12.4. The second-order valence-electron chi connectivity index (χ2n) is 5.45. The van der Waals surface area contributed by atoms with Gasteiger partial charge in [-0.15, -0.1) is 0 Å². The van der Waals surface area contributed by atoms with E-state index in [1.807, 2.05) is 0 Å². The van der Waals surface area contributed by atoms with E-state index in [4.69, 9.17) is 9.47 Å². The molecule has 0 aliphatic heterocycles. The van der Waals surface area contributed by atoms with Gasteiger partial charge in [-0.3, -0.25) is 0 Å². The van der Waals surface area contributed by atoms with Crippen molar-refractivity contribution in [3.63, 3.8) is 0 Å². The molecule has 0 amide bonds. The molecule has 1 N–H and O–H groups in total. The standard InChI is InChI=1S/C20H18O6/c1-13(2)19(23)25-11-12-26-20(24)17-10-6-4-8-15(17)14-7-3-5-9-16(14)18(21)22/h3-10H,1,11-12H2,2H3,(H,21,22). The molecular weight excluding hydrogens is 336 g/mol. The smallest absolute Gasteiger partial charge is 0.338 e. The van der Waals surface area contributed by atoms with Crippen LogP contribution in [-0.4, -0.2) is 36.2 Å². The van der Waals surface area contributed by atoms with Crippen LogP contribution < -0.4 is 0 Å². The first-order valence-corrected chi connectivity index (χ1v) is 7.83. The van der Waals surface area contributed by atoms with Crippen LogP contribution in [0.5, 0.6) is 0 Å². The van der Waals surface area contributed by atoms with Crippen LogP contribution in [0.4, 0.5) is 0 Å². The molecule has 0 aliphatic carbocycles. The van der Waals surface area contributed by atoms with Gasteiger partial charge in [-0.05, 0) is 30.2 Å². The van der Waals surface area contributed by atoms with Crippen LogP contribution in [0.1, 0.15) is 27.6 Å². The minimum Gasteiger partial charge on any atom is -0.478 e. The van der Waals surface area contributed by atoms with Gasteiger partial charge in [-0.25, -0.2) is 14.4 Å². The average molecular weight is 354 g/mol. The summed E-state index contributed by atoms with van der Waals surface area (Å²) in [5.74, 6) is -2.28. The van der Waals surface area contributed by atoms with E-state index in [0.717, 1.165) is 0 Å². The van der Waals surface area contributed by atoms with E-state index in [1.165, 1.54) is 13.0 Å². The molecule has 2 aromatic rings. The number of rotatable bonds is 7. The summed E-state index contributed by atoms with van der Waals surface area (Å²) in [6.45, 7) is 4.76. The second-order valence-corrected chi connectivity index (χ2v) is 5.45. The van der Waals surface area contributed by atoms with E-state index < -0.39 is 17.9 Å². The number of hydrogen-bond donors (Lipinski definition) is 1. The monoisotopic (exact) mass is 354 g/mol. The molecule has 0 fully saturated rings. The Kier molecular flexibility index (Phi) is 6.27. The summed E-state index contributed by atoms with van der Waals surface area (Å²) < 4.78 is 9.99. The van der Waals surface area contributed by atoms with Crippen molar-refractivity contribution in [1.82, 2.24) is 0 Å². The van der Waals surface area contributed by atoms with Gasteiger partial charge in [0, 0.05) is 5.57 Å². The van der Waals surface area contributed by atoms with Crippen molar-refractivity contribution in [1.29, 1.82) is 0 Å². The van der Waals surface area contributed by atoms with Gasteiger partial charge in [-0.2, -0.15) is 0 Å². The van der Waals surface area contributed by atoms with Gasteiger partial charge in [0.1, 0.15) is 13.2 Å². The van der Waals surface area contributed by atoms with Crippen molar-refractivity contribution in [2.45, 2.75) is 6.92 Å². The Labute approximate surface area is 150 Å². The molecule has 0 saturated heterocycles. The van der Waals surface area contributed by atoms with Gasteiger partial charge < -0.3 is 14.6 Å². The fraction of sp³-hybridized carbons (Fsp3) is 0.150. The minimum absolute atomic E-state index is 0.0862. The maximum Gasteiger partial charge on any atom is 0.338 e. The van der Waals surface area contributed by atoms with Crippen molar-refractivity contribution in [3.05, 3.63) is 71.8 Å². The van der Waals surface area contributed by atoms with Crippen LogP contribution in [0.15, 0.2) is 60.7 Å². The first kappa shape index (κ1) is 18.9. The van der Waals surface area contributed by atoms with Crippen LogP contribution in [0.25, 0.3) is 11.1 Å². The molecule has 26 heavy (non-hydrogen) atoms. The zero-order valence-electron chi connectivity index (χ0n) is 14.2. The SMILES string of the molecule is C=C(C)C(=O)OCCOC(=O)c1ccccc1-c1ccccc1C(=O)O. The van der Waals surface area contributed by atoms with Gasteiger partial charge in [-0.1, -0.05) is 43.0 Å². The highest BCUT2D eigenvalue weighted by atomic mass is 16.6. The summed E-state index contributed by atoms with van der Waals surface area (Å²) in [7, 11) is 0. The number of aromatic carboxylic acids is 1. The Balaban J connectivity index is 2.17. The zero-order valence-corrected chi connectivity index (χ0v) is 14.2. The molecule has 0 radical (unpaired) electrons. The lowest BCUT2D eigenvalue weighted by Gasteiger charge is -2.12. The van der Waals surface area contributed by atoms with Crippen molar-refractivity contribution in [2.24, 2.45) is 0 Å². The zero-order chi connectivity index (χ0) is 19.1. The topological polar surface area (TPSA) is 89.9 Å². The lowest BCUT2D eigenvalue weighted by Crippen LogP contribution is -2.15. The van der Waals surface area contributed by atoms with E-state index in [9.17, 15) is 19.5 Å². The highest BCUT2D eigenvalue weighted by molar-refractivity contribution is 6.02. The molecule has 2 aromatic carbocycles. The molecule has 0 spiro atoms. The summed E-state index contributed by atoms with van der Waals surface area (Å²) in [5, 5.41) is 9.35. The molecule has 0 atom stereocenters. The number of ether oxygens (including phenoxy) is 2.